The van der Waals surface area contributed by atoms with E-state index < -0.39 is 0 Å². The van der Waals surface area contributed by atoms with Crippen LogP contribution in [0.4, 0.5) is 5.69 Å². The van der Waals surface area contributed by atoms with Crippen molar-refractivity contribution in [2.45, 2.75) is 13.5 Å². The van der Waals surface area contributed by atoms with Gasteiger partial charge in [-0.3, -0.25) is 18.7 Å². The van der Waals surface area contributed by atoms with Crippen LogP contribution in [0.2, 0.25) is 4.34 Å². The molecule has 0 unspecified atom stereocenters. The summed E-state index contributed by atoms with van der Waals surface area (Å²) in [4.78, 5) is 35.9. The summed E-state index contributed by atoms with van der Waals surface area (Å²) in [5.74, 6) is 0.385. The molecule has 34 heavy (non-hydrogen) atoms. The Bertz CT molecular complexity index is 1350. The average Bonchev–Trinajstić information content (AvgIpc) is 3.59. The van der Waals surface area contributed by atoms with Gasteiger partial charge in [-0.25, -0.2) is 9.97 Å². The van der Waals surface area contributed by atoms with E-state index >= 15 is 0 Å². The highest BCUT2D eigenvalue weighted by atomic mass is 35.5. The van der Waals surface area contributed by atoms with E-state index in [2.05, 4.69) is 10.3 Å². The highest BCUT2D eigenvalue weighted by Gasteiger charge is 2.22. The number of carbonyl (C=O) groups excluding carboxylic acids is 2. The van der Waals surface area contributed by atoms with Crippen LogP contribution in [0.1, 0.15) is 20.9 Å². The Labute approximate surface area is 204 Å². The predicted octanol–water partition coefficient (Wildman–Crippen LogP) is 3.37. The Balaban J connectivity index is 1.43. The summed E-state index contributed by atoms with van der Waals surface area (Å²) >= 11 is 7.17. The number of aryl methyl sites for hydroxylation is 1. The molecule has 1 aromatic carbocycles. The Morgan fingerprint density at radius 3 is 2.88 bits per heavy atom. The Morgan fingerprint density at radius 1 is 1.29 bits per heavy atom. The maximum absolute atomic E-state index is 12.4. The number of imidazole rings is 2. The first kappa shape index (κ1) is 22.3. The minimum atomic E-state index is -0.203. The smallest absolute Gasteiger partial charge is 0.261 e. The lowest BCUT2D eigenvalue weighted by molar-refractivity contribution is -0.125. The van der Waals surface area contributed by atoms with E-state index in [0.29, 0.717) is 34.0 Å². The molecule has 1 fully saturated rings. The van der Waals surface area contributed by atoms with Crippen molar-refractivity contribution in [3.63, 3.8) is 0 Å². The van der Waals surface area contributed by atoms with E-state index in [-0.39, 0.29) is 25.0 Å². The first-order chi connectivity index (χ1) is 16.5. The fourth-order valence-corrected chi connectivity index (χ4v) is 4.77. The van der Waals surface area contributed by atoms with Gasteiger partial charge in [-0.15, -0.1) is 11.3 Å². The van der Waals surface area contributed by atoms with Crippen LogP contribution in [0, 0.1) is 6.92 Å². The zero-order valence-electron chi connectivity index (χ0n) is 18.3. The molecule has 1 aliphatic heterocycles. The molecule has 4 heterocycles. The second-order valence-electron chi connectivity index (χ2n) is 7.73. The van der Waals surface area contributed by atoms with Crippen LogP contribution in [-0.4, -0.2) is 50.7 Å². The van der Waals surface area contributed by atoms with Crippen molar-refractivity contribution in [3.8, 4) is 11.6 Å². The summed E-state index contributed by atoms with van der Waals surface area (Å²) in [7, 11) is 0. The molecule has 4 aromatic rings. The molecule has 0 aliphatic carbocycles. The number of nitrogens with zero attached hydrogens (tertiary/aromatic N) is 5. The molecule has 1 saturated heterocycles. The molecule has 174 valence electrons. The van der Waals surface area contributed by atoms with E-state index in [1.165, 1.54) is 11.3 Å². The van der Waals surface area contributed by atoms with Crippen molar-refractivity contribution in [1.82, 2.24) is 24.4 Å². The highest BCUT2D eigenvalue weighted by Crippen LogP contribution is 2.26. The average molecular weight is 497 g/mol. The summed E-state index contributed by atoms with van der Waals surface area (Å²) in [5.41, 5.74) is 3.39. The number of morpholine rings is 1. The van der Waals surface area contributed by atoms with Gasteiger partial charge in [0.1, 0.15) is 12.9 Å². The second-order valence-corrected chi connectivity index (χ2v) is 9.44. The zero-order valence-corrected chi connectivity index (χ0v) is 19.8. The molecule has 1 N–H and O–H groups in total. The predicted molar refractivity (Wildman–Crippen MR) is 129 cm³/mol. The number of benzene rings is 1. The molecule has 0 radical (unpaired) electrons. The van der Waals surface area contributed by atoms with Crippen LogP contribution in [0.25, 0.3) is 11.6 Å². The maximum Gasteiger partial charge on any atom is 0.261 e. The molecule has 9 nitrogen and oxygen atoms in total. The monoisotopic (exact) mass is 496 g/mol. The van der Waals surface area contributed by atoms with Crippen molar-refractivity contribution in [2.24, 2.45) is 0 Å². The first-order valence-electron chi connectivity index (χ1n) is 10.6. The summed E-state index contributed by atoms with van der Waals surface area (Å²) in [6.07, 6.45) is 7.04. The van der Waals surface area contributed by atoms with Crippen molar-refractivity contribution < 1.29 is 14.3 Å². The normalized spacial score (nSPS) is 13.9. The quantitative estimate of drug-likeness (QED) is 0.441. The summed E-state index contributed by atoms with van der Waals surface area (Å²) in [6, 6.07) is 9.29. The van der Waals surface area contributed by atoms with Crippen LogP contribution in [0.15, 0.2) is 55.2 Å². The van der Waals surface area contributed by atoms with Gasteiger partial charge in [0.25, 0.3) is 11.8 Å². The van der Waals surface area contributed by atoms with Crippen LogP contribution < -0.4 is 10.2 Å². The number of anilines is 1. The van der Waals surface area contributed by atoms with Gasteiger partial charge in [0, 0.05) is 36.5 Å². The number of carbonyl (C=O) groups is 2. The SMILES string of the molecule is Cc1cc(-n2cc(CNC(=O)c3ccc(Cl)s3)nc2-n2ccnc2)ccc1N1CCOCC1=O. The molecule has 1 aliphatic rings. The molecule has 0 atom stereocenters. The second kappa shape index (κ2) is 9.41. The van der Waals surface area contributed by atoms with Crippen molar-refractivity contribution in [1.29, 1.82) is 0 Å². The van der Waals surface area contributed by atoms with Crippen molar-refractivity contribution in [3.05, 3.63) is 75.7 Å². The van der Waals surface area contributed by atoms with Crippen LogP contribution in [0.5, 0.6) is 0 Å². The topological polar surface area (TPSA) is 94.3 Å². The van der Waals surface area contributed by atoms with Gasteiger partial charge in [0.15, 0.2) is 0 Å². The largest absolute Gasteiger partial charge is 0.370 e. The van der Waals surface area contributed by atoms with Gasteiger partial charge in [-0.05, 0) is 42.8 Å². The van der Waals surface area contributed by atoms with Gasteiger partial charge in [0.05, 0.1) is 28.1 Å². The number of hydrogen-bond donors (Lipinski definition) is 1. The lowest BCUT2D eigenvalue weighted by Crippen LogP contribution is -2.42. The summed E-state index contributed by atoms with van der Waals surface area (Å²) in [6.45, 7) is 3.38. The minimum Gasteiger partial charge on any atom is -0.370 e. The number of rotatable bonds is 6. The van der Waals surface area contributed by atoms with Crippen LogP contribution >= 0.6 is 22.9 Å². The molecule has 0 spiro atoms. The lowest BCUT2D eigenvalue weighted by atomic mass is 10.1. The van der Waals surface area contributed by atoms with E-state index in [1.54, 1.807) is 34.1 Å². The minimum absolute atomic E-state index is 0.0473. The summed E-state index contributed by atoms with van der Waals surface area (Å²) in [5, 5.41) is 2.89. The fourth-order valence-electron chi connectivity index (χ4n) is 3.81. The standard InChI is InChI=1S/C23H21ClN6O3S/c1-15-10-17(2-3-18(15)29-8-9-33-13-21(29)31)30-12-16(27-23(30)28-7-6-25-14-28)11-26-22(32)19-4-5-20(24)34-19/h2-7,10,12,14H,8-9,11,13H2,1H3,(H,26,32). The molecular weight excluding hydrogens is 476 g/mol. The Kier molecular flexibility index (Phi) is 6.18. The van der Waals surface area contributed by atoms with E-state index in [4.69, 9.17) is 21.3 Å². The van der Waals surface area contributed by atoms with E-state index in [1.807, 2.05) is 42.1 Å². The third kappa shape index (κ3) is 4.47. The van der Waals surface area contributed by atoms with Gasteiger partial charge in [-0.2, -0.15) is 0 Å². The Hall–Kier alpha value is -3.47. The van der Waals surface area contributed by atoms with Gasteiger partial charge < -0.3 is 15.0 Å². The molecule has 0 bridgehead atoms. The number of nitrogens with one attached hydrogen (secondary N) is 1. The molecule has 3 aromatic heterocycles. The molecule has 5 rings (SSSR count). The lowest BCUT2D eigenvalue weighted by Gasteiger charge is -2.28. The molecule has 2 amide bonds. The number of ether oxygens (including phenoxy) is 1. The van der Waals surface area contributed by atoms with Crippen LogP contribution in [0.3, 0.4) is 0 Å². The number of hydrogen-bond acceptors (Lipinski definition) is 6. The van der Waals surface area contributed by atoms with Gasteiger partial charge in [0.2, 0.25) is 5.95 Å². The van der Waals surface area contributed by atoms with Crippen LogP contribution in [-0.2, 0) is 16.1 Å². The molecule has 0 saturated carbocycles. The first-order valence-corrected chi connectivity index (χ1v) is 11.8. The molecular formula is C23H21ClN6O3S. The molecule has 11 heteroatoms. The highest BCUT2D eigenvalue weighted by molar-refractivity contribution is 7.17. The van der Waals surface area contributed by atoms with E-state index in [9.17, 15) is 9.59 Å². The third-order valence-electron chi connectivity index (χ3n) is 5.43. The maximum atomic E-state index is 12.4. The van der Waals surface area contributed by atoms with Crippen molar-refractivity contribution >= 4 is 40.4 Å². The van der Waals surface area contributed by atoms with E-state index in [0.717, 1.165) is 16.9 Å². The number of amides is 2. The Morgan fingerprint density at radius 2 is 2.18 bits per heavy atom. The fraction of sp³-hybridized carbons (Fsp3) is 0.217. The number of halogens is 1. The number of thiophene rings is 1. The third-order valence-corrected chi connectivity index (χ3v) is 6.66. The van der Waals surface area contributed by atoms with Crippen molar-refractivity contribution in [2.75, 3.05) is 24.7 Å². The summed E-state index contributed by atoms with van der Waals surface area (Å²) < 4.78 is 9.55. The zero-order chi connectivity index (χ0) is 23.7. The van der Waals surface area contributed by atoms with Gasteiger partial charge >= 0.3 is 0 Å². The number of aromatic nitrogens is 4. The van der Waals surface area contributed by atoms with Gasteiger partial charge in [-0.1, -0.05) is 11.6 Å².